The van der Waals surface area contributed by atoms with Crippen LogP contribution in [0.3, 0.4) is 0 Å². The molecular formula is C11H15FN2. The number of rotatable bonds is 1. The maximum atomic E-state index is 13.6. The number of halogens is 1. The maximum absolute atomic E-state index is 13.6. The summed E-state index contributed by atoms with van der Waals surface area (Å²) in [6.45, 7) is 1.60. The SMILES string of the molecule is CN(C)[C@@H]1CNCc2cccc(F)c21. The molecule has 3 heteroatoms. The summed E-state index contributed by atoms with van der Waals surface area (Å²) < 4.78 is 13.6. The van der Waals surface area contributed by atoms with Crippen molar-refractivity contribution in [3.8, 4) is 0 Å². The van der Waals surface area contributed by atoms with Gasteiger partial charge in [-0.05, 0) is 25.7 Å². The normalized spacial score (nSPS) is 21.0. The lowest BCUT2D eigenvalue weighted by atomic mass is 9.95. The molecule has 14 heavy (non-hydrogen) atoms. The standard InChI is InChI=1S/C11H15FN2/c1-14(2)10-7-13-6-8-4-3-5-9(12)11(8)10/h3-5,10,13H,6-7H2,1-2H3/t10-/m1/s1. The average Bonchev–Trinajstić information content (AvgIpc) is 2.17. The zero-order valence-corrected chi connectivity index (χ0v) is 8.55. The van der Waals surface area contributed by atoms with Gasteiger partial charge in [-0.15, -0.1) is 0 Å². The second-order valence-corrected chi connectivity index (χ2v) is 3.92. The molecule has 0 bridgehead atoms. The van der Waals surface area contributed by atoms with Crippen LogP contribution in [0.4, 0.5) is 4.39 Å². The van der Waals surface area contributed by atoms with Gasteiger partial charge >= 0.3 is 0 Å². The quantitative estimate of drug-likeness (QED) is 0.729. The maximum Gasteiger partial charge on any atom is 0.128 e. The minimum atomic E-state index is -0.0808. The fraction of sp³-hybridized carbons (Fsp3) is 0.455. The van der Waals surface area contributed by atoms with Gasteiger partial charge in [0, 0.05) is 24.7 Å². The largest absolute Gasteiger partial charge is 0.311 e. The average molecular weight is 194 g/mol. The van der Waals surface area contributed by atoms with E-state index in [2.05, 4.69) is 5.32 Å². The highest BCUT2D eigenvalue weighted by Gasteiger charge is 2.24. The molecule has 0 spiro atoms. The number of nitrogens with one attached hydrogen (secondary N) is 1. The molecule has 0 fully saturated rings. The molecule has 2 rings (SSSR count). The van der Waals surface area contributed by atoms with E-state index >= 15 is 0 Å². The Labute approximate surface area is 83.7 Å². The molecule has 2 nitrogen and oxygen atoms in total. The lowest BCUT2D eigenvalue weighted by Gasteiger charge is -2.31. The van der Waals surface area contributed by atoms with Gasteiger partial charge in [-0.25, -0.2) is 4.39 Å². The van der Waals surface area contributed by atoms with Gasteiger partial charge in [0.1, 0.15) is 5.82 Å². The van der Waals surface area contributed by atoms with Gasteiger partial charge < -0.3 is 10.2 Å². The molecule has 0 aliphatic carbocycles. The van der Waals surface area contributed by atoms with Crippen LogP contribution < -0.4 is 5.32 Å². The van der Waals surface area contributed by atoms with Crippen LogP contribution in [0.15, 0.2) is 18.2 Å². The first-order valence-electron chi connectivity index (χ1n) is 4.84. The first-order chi connectivity index (χ1) is 6.70. The second kappa shape index (κ2) is 3.67. The smallest absolute Gasteiger partial charge is 0.128 e. The lowest BCUT2D eigenvalue weighted by Crippen LogP contribution is -2.36. The van der Waals surface area contributed by atoms with Gasteiger partial charge in [0.2, 0.25) is 0 Å². The molecule has 1 N–H and O–H groups in total. The first-order valence-corrected chi connectivity index (χ1v) is 4.84. The van der Waals surface area contributed by atoms with Gasteiger partial charge in [-0.1, -0.05) is 12.1 Å². The summed E-state index contributed by atoms with van der Waals surface area (Å²) in [7, 11) is 3.96. The molecule has 0 amide bonds. The van der Waals surface area contributed by atoms with Crippen molar-refractivity contribution in [2.45, 2.75) is 12.6 Å². The van der Waals surface area contributed by atoms with Crippen LogP contribution in [0.5, 0.6) is 0 Å². The molecule has 1 aliphatic rings. The fourth-order valence-electron chi connectivity index (χ4n) is 2.00. The zero-order valence-electron chi connectivity index (χ0n) is 8.55. The van der Waals surface area contributed by atoms with Crippen LogP contribution in [0.2, 0.25) is 0 Å². The van der Waals surface area contributed by atoms with Crippen molar-refractivity contribution in [1.82, 2.24) is 10.2 Å². The molecule has 1 aromatic rings. The summed E-state index contributed by atoms with van der Waals surface area (Å²) in [6, 6.07) is 5.45. The number of fused-ring (bicyclic) bond motifs is 1. The van der Waals surface area contributed by atoms with E-state index in [1.807, 2.05) is 25.1 Å². The van der Waals surface area contributed by atoms with E-state index in [1.54, 1.807) is 12.1 Å². The summed E-state index contributed by atoms with van der Waals surface area (Å²) >= 11 is 0. The summed E-state index contributed by atoms with van der Waals surface area (Å²) in [6.07, 6.45) is 0. The van der Waals surface area contributed by atoms with E-state index in [9.17, 15) is 4.39 Å². The molecule has 1 aliphatic heterocycles. The van der Waals surface area contributed by atoms with Gasteiger partial charge in [0.15, 0.2) is 0 Å². The summed E-state index contributed by atoms with van der Waals surface area (Å²) in [5.74, 6) is -0.0808. The Bertz CT molecular complexity index is 336. The van der Waals surface area contributed by atoms with Gasteiger partial charge in [-0.2, -0.15) is 0 Å². The molecule has 1 atom stereocenters. The van der Waals surface area contributed by atoms with Crippen molar-refractivity contribution < 1.29 is 4.39 Å². The van der Waals surface area contributed by atoms with E-state index in [4.69, 9.17) is 0 Å². The Balaban J connectivity index is 2.47. The third kappa shape index (κ3) is 1.53. The van der Waals surface area contributed by atoms with Crippen molar-refractivity contribution in [3.05, 3.63) is 35.1 Å². The van der Waals surface area contributed by atoms with Crippen LogP contribution in [0, 0.1) is 5.82 Å². The molecule has 0 unspecified atom stereocenters. The highest BCUT2D eigenvalue weighted by atomic mass is 19.1. The molecule has 0 saturated carbocycles. The molecule has 0 aromatic heterocycles. The van der Waals surface area contributed by atoms with Crippen LogP contribution >= 0.6 is 0 Å². The Morgan fingerprint density at radius 1 is 1.43 bits per heavy atom. The van der Waals surface area contributed by atoms with E-state index in [0.29, 0.717) is 0 Å². The first kappa shape index (κ1) is 9.62. The Morgan fingerprint density at radius 3 is 2.93 bits per heavy atom. The third-order valence-corrected chi connectivity index (χ3v) is 2.75. The summed E-state index contributed by atoms with van der Waals surface area (Å²) in [5.41, 5.74) is 1.94. The van der Waals surface area contributed by atoms with Crippen molar-refractivity contribution in [1.29, 1.82) is 0 Å². The summed E-state index contributed by atoms with van der Waals surface area (Å²) in [4.78, 5) is 2.05. The number of nitrogens with zero attached hydrogens (tertiary/aromatic N) is 1. The fourth-order valence-corrected chi connectivity index (χ4v) is 2.00. The highest BCUT2D eigenvalue weighted by Crippen LogP contribution is 2.27. The Morgan fingerprint density at radius 2 is 2.21 bits per heavy atom. The molecule has 1 aromatic carbocycles. The van der Waals surface area contributed by atoms with Crippen molar-refractivity contribution in [3.63, 3.8) is 0 Å². The van der Waals surface area contributed by atoms with Crippen molar-refractivity contribution in [2.75, 3.05) is 20.6 Å². The summed E-state index contributed by atoms with van der Waals surface area (Å²) in [5, 5.41) is 3.29. The van der Waals surface area contributed by atoms with E-state index in [1.165, 1.54) is 0 Å². The van der Waals surface area contributed by atoms with Crippen LogP contribution in [-0.2, 0) is 6.54 Å². The van der Waals surface area contributed by atoms with E-state index < -0.39 is 0 Å². The number of benzene rings is 1. The Kier molecular flexibility index (Phi) is 2.52. The zero-order chi connectivity index (χ0) is 10.1. The molecule has 1 heterocycles. The van der Waals surface area contributed by atoms with Crippen molar-refractivity contribution >= 4 is 0 Å². The predicted octanol–water partition coefficient (Wildman–Crippen LogP) is 1.53. The number of likely N-dealkylation sites (N-methyl/N-ethyl adjacent to an activating group) is 1. The van der Waals surface area contributed by atoms with E-state index in [-0.39, 0.29) is 11.9 Å². The van der Waals surface area contributed by atoms with Crippen molar-refractivity contribution in [2.24, 2.45) is 0 Å². The second-order valence-electron chi connectivity index (χ2n) is 3.92. The highest BCUT2D eigenvalue weighted by molar-refractivity contribution is 5.33. The topological polar surface area (TPSA) is 15.3 Å². The lowest BCUT2D eigenvalue weighted by molar-refractivity contribution is 0.268. The molecule has 76 valence electrons. The van der Waals surface area contributed by atoms with Crippen LogP contribution in [0.25, 0.3) is 0 Å². The monoisotopic (exact) mass is 194 g/mol. The van der Waals surface area contributed by atoms with Gasteiger partial charge in [0.05, 0.1) is 0 Å². The van der Waals surface area contributed by atoms with Gasteiger partial charge in [-0.3, -0.25) is 0 Å². The minimum Gasteiger partial charge on any atom is -0.311 e. The van der Waals surface area contributed by atoms with Crippen LogP contribution in [0.1, 0.15) is 17.2 Å². The van der Waals surface area contributed by atoms with E-state index in [0.717, 1.165) is 24.2 Å². The Hall–Kier alpha value is -0.930. The third-order valence-electron chi connectivity index (χ3n) is 2.75. The number of hydrogen-bond acceptors (Lipinski definition) is 2. The van der Waals surface area contributed by atoms with Crippen LogP contribution in [-0.4, -0.2) is 25.5 Å². The minimum absolute atomic E-state index is 0.0808. The predicted molar refractivity (Wildman–Crippen MR) is 54.5 cm³/mol. The molecule has 0 radical (unpaired) electrons. The number of hydrogen-bond donors (Lipinski definition) is 1. The van der Waals surface area contributed by atoms with Gasteiger partial charge in [0.25, 0.3) is 0 Å². The molecular weight excluding hydrogens is 179 g/mol. The molecule has 0 saturated heterocycles.